The molecule has 0 heterocycles. The number of carbonyl (C=O) groups is 1. The van der Waals surface area contributed by atoms with E-state index in [1.54, 1.807) is 12.1 Å². The molecule has 2 aromatic carbocycles. The Labute approximate surface area is 99.6 Å². The lowest BCUT2D eigenvalue weighted by atomic mass is 10.0. The molecule has 0 atom stereocenters. The van der Waals surface area contributed by atoms with Gasteiger partial charge in [0, 0.05) is 10.8 Å². The molecule has 2 rings (SSSR count). The monoisotopic (exact) mass is 230 g/mol. The third-order valence-electron chi connectivity index (χ3n) is 2.66. The predicted octanol–water partition coefficient (Wildman–Crippen LogP) is 3.15. The van der Waals surface area contributed by atoms with Gasteiger partial charge in [-0.05, 0) is 19.9 Å². The maximum atomic E-state index is 11.5. The van der Waals surface area contributed by atoms with Crippen molar-refractivity contribution >= 4 is 16.6 Å². The molecule has 0 radical (unpaired) electrons. The second-order valence-corrected chi connectivity index (χ2v) is 3.81. The number of carbonyl (C=O) groups excluding carboxylic acids is 1. The number of hydrogen-bond donors (Lipinski definition) is 1. The zero-order valence-electron chi connectivity index (χ0n) is 9.86. The van der Waals surface area contributed by atoms with E-state index in [1.165, 1.54) is 6.92 Å². The van der Waals surface area contributed by atoms with Gasteiger partial charge in [-0.15, -0.1) is 0 Å². The van der Waals surface area contributed by atoms with Crippen molar-refractivity contribution in [2.24, 2.45) is 0 Å². The minimum atomic E-state index is -0.172. The summed E-state index contributed by atoms with van der Waals surface area (Å²) in [5.41, 5.74) is 0.298. The van der Waals surface area contributed by atoms with Crippen LogP contribution in [-0.2, 0) is 0 Å². The summed E-state index contributed by atoms with van der Waals surface area (Å²) in [6.07, 6.45) is 0. The predicted molar refractivity (Wildman–Crippen MR) is 66.8 cm³/mol. The highest BCUT2D eigenvalue weighted by Crippen LogP contribution is 2.36. The maximum Gasteiger partial charge on any atom is 0.163 e. The largest absolute Gasteiger partial charge is 0.507 e. The van der Waals surface area contributed by atoms with Gasteiger partial charge in [-0.25, -0.2) is 0 Å². The van der Waals surface area contributed by atoms with Crippen LogP contribution in [-0.4, -0.2) is 17.5 Å². The van der Waals surface area contributed by atoms with E-state index in [0.29, 0.717) is 23.3 Å². The first-order valence-electron chi connectivity index (χ1n) is 5.53. The number of fused-ring (bicyclic) bond motifs is 1. The minimum absolute atomic E-state index is 0.0246. The lowest BCUT2D eigenvalue weighted by Gasteiger charge is -2.11. The van der Waals surface area contributed by atoms with Crippen LogP contribution in [0.2, 0.25) is 0 Å². The Balaban J connectivity index is 2.79. The number of ketones is 1. The minimum Gasteiger partial charge on any atom is -0.507 e. The van der Waals surface area contributed by atoms with Gasteiger partial charge < -0.3 is 9.84 Å². The van der Waals surface area contributed by atoms with E-state index in [1.807, 2.05) is 25.1 Å². The molecular formula is C14H14O3. The van der Waals surface area contributed by atoms with Crippen molar-refractivity contribution < 1.29 is 14.6 Å². The highest BCUT2D eigenvalue weighted by atomic mass is 16.5. The van der Waals surface area contributed by atoms with Gasteiger partial charge in [0.05, 0.1) is 12.2 Å². The van der Waals surface area contributed by atoms with Gasteiger partial charge in [0.15, 0.2) is 5.78 Å². The molecule has 1 N–H and O–H groups in total. The molecule has 0 unspecified atom stereocenters. The summed E-state index contributed by atoms with van der Waals surface area (Å²) < 4.78 is 5.50. The fourth-order valence-corrected chi connectivity index (χ4v) is 1.87. The third-order valence-corrected chi connectivity index (χ3v) is 2.66. The van der Waals surface area contributed by atoms with E-state index >= 15 is 0 Å². The lowest BCUT2D eigenvalue weighted by molar-refractivity contribution is 0.101. The van der Waals surface area contributed by atoms with Crippen LogP contribution in [0.3, 0.4) is 0 Å². The number of benzene rings is 2. The van der Waals surface area contributed by atoms with E-state index in [9.17, 15) is 9.90 Å². The van der Waals surface area contributed by atoms with Crippen LogP contribution in [0.4, 0.5) is 0 Å². The van der Waals surface area contributed by atoms with E-state index in [-0.39, 0.29) is 11.5 Å². The van der Waals surface area contributed by atoms with Gasteiger partial charge in [-0.2, -0.15) is 0 Å². The van der Waals surface area contributed by atoms with Crippen molar-refractivity contribution in [2.75, 3.05) is 6.61 Å². The molecule has 0 aliphatic carbocycles. The van der Waals surface area contributed by atoms with E-state index in [4.69, 9.17) is 4.74 Å². The Morgan fingerprint density at radius 3 is 2.53 bits per heavy atom. The third kappa shape index (κ3) is 1.96. The summed E-state index contributed by atoms with van der Waals surface area (Å²) in [6.45, 7) is 3.83. The number of Topliss-reactive ketones (excluding diaryl/α,β-unsaturated/α-hetero) is 1. The summed E-state index contributed by atoms with van der Waals surface area (Å²) in [6, 6.07) is 8.94. The summed E-state index contributed by atoms with van der Waals surface area (Å²) in [4.78, 5) is 11.5. The summed E-state index contributed by atoms with van der Waals surface area (Å²) in [5, 5.41) is 11.5. The molecule has 0 spiro atoms. The molecule has 0 amide bonds. The molecule has 3 nitrogen and oxygen atoms in total. The first-order chi connectivity index (χ1) is 8.15. The number of phenolic OH excluding ortho intramolecular Hbond substituents is 1. The molecule has 0 aliphatic heterocycles. The van der Waals surface area contributed by atoms with Gasteiger partial charge in [0.2, 0.25) is 0 Å². The molecule has 0 aromatic heterocycles. The fourth-order valence-electron chi connectivity index (χ4n) is 1.87. The molecule has 0 aliphatic rings. The molecule has 0 fully saturated rings. The molecule has 3 heteroatoms. The number of rotatable bonds is 3. The van der Waals surface area contributed by atoms with Crippen LogP contribution >= 0.6 is 0 Å². The highest BCUT2D eigenvalue weighted by Gasteiger charge is 2.14. The smallest absolute Gasteiger partial charge is 0.163 e. The van der Waals surface area contributed by atoms with Crippen molar-refractivity contribution in [1.29, 1.82) is 0 Å². The molecule has 17 heavy (non-hydrogen) atoms. The average molecular weight is 230 g/mol. The SMILES string of the molecule is CCOc1cc(C(C)=O)c(O)c2ccccc12. The summed E-state index contributed by atoms with van der Waals surface area (Å²) in [5.74, 6) is 0.483. The maximum absolute atomic E-state index is 11.5. The Kier molecular flexibility index (Phi) is 3.00. The van der Waals surface area contributed by atoms with E-state index in [0.717, 1.165) is 5.39 Å². The molecule has 2 aromatic rings. The number of phenols is 1. The van der Waals surface area contributed by atoms with Crippen LogP contribution in [0.5, 0.6) is 11.5 Å². The molecule has 0 bridgehead atoms. The van der Waals surface area contributed by atoms with Gasteiger partial charge in [-0.3, -0.25) is 4.79 Å². The number of hydrogen-bond acceptors (Lipinski definition) is 3. The Morgan fingerprint density at radius 1 is 1.29 bits per heavy atom. The molecule has 0 saturated heterocycles. The summed E-state index contributed by atoms with van der Waals surface area (Å²) in [7, 11) is 0. The Hall–Kier alpha value is -2.03. The standard InChI is InChI=1S/C14H14O3/c1-3-17-13-8-12(9(2)15)14(16)11-7-5-4-6-10(11)13/h4-8,16H,3H2,1-2H3. The normalized spacial score (nSPS) is 10.5. The van der Waals surface area contributed by atoms with Gasteiger partial charge >= 0.3 is 0 Å². The van der Waals surface area contributed by atoms with Crippen molar-refractivity contribution in [3.8, 4) is 11.5 Å². The zero-order chi connectivity index (χ0) is 12.4. The quantitative estimate of drug-likeness (QED) is 0.824. The average Bonchev–Trinajstić information content (AvgIpc) is 2.33. The number of aromatic hydroxyl groups is 1. The van der Waals surface area contributed by atoms with Crippen molar-refractivity contribution in [2.45, 2.75) is 13.8 Å². The number of ether oxygens (including phenoxy) is 1. The fraction of sp³-hybridized carbons (Fsp3) is 0.214. The summed E-state index contributed by atoms with van der Waals surface area (Å²) >= 11 is 0. The van der Waals surface area contributed by atoms with Crippen LogP contribution in [0.15, 0.2) is 30.3 Å². The van der Waals surface area contributed by atoms with E-state index < -0.39 is 0 Å². The first kappa shape index (κ1) is 11.5. The Bertz CT molecular complexity index is 573. The van der Waals surface area contributed by atoms with Gasteiger partial charge in [0.25, 0.3) is 0 Å². The first-order valence-corrected chi connectivity index (χ1v) is 5.53. The second-order valence-electron chi connectivity index (χ2n) is 3.81. The van der Waals surface area contributed by atoms with Crippen LogP contribution in [0.1, 0.15) is 24.2 Å². The van der Waals surface area contributed by atoms with Gasteiger partial charge in [-0.1, -0.05) is 24.3 Å². The van der Waals surface area contributed by atoms with Gasteiger partial charge in [0.1, 0.15) is 11.5 Å². The highest BCUT2D eigenvalue weighted by molar-refractivity contribution is 6.05. The lowest BCUT2D eigenvalue weighted by Crippen LogP contribution is -1.98. The second kappa shape index (κ2) is 4.45. The van der Waals surface area contributed by atoms with E-state index in [2.05, 4.69) is 0 Å². The molecular weight excluding hydrogens is 216 g/mol. The van der Waals surface area contributed by atoms with Crippen molar-refractivity contribution in [1.82, 2.24) is 0 Å². The van der Waals surface area contributed by atoms with Crippen LogP contribution in [0.25, 0.3) is 10.8 Å². The van der Waals surface area contributed by atoms with Crippen molar-refractivity contribution in [3.63, 3.8) is 0 Å². The van der Waals surface area contributed by atoms with Crippen molar-refractivity contribution in [3.05, 3.63) is 35.9 Å². The molecule has 0 saturated carbocycles. The zero-order valence-corrected chi connectivity index (χ0v) is 9.86. The topological polar surface area (TPSA) is 46.5 Å². The van der Waals surface area contributed by atoms with Crippen LogP contribution < -0.4 is 4.74 Å². The Morgan fingerprint density at radius 2 is 1.94 bits per heavy atom. The molecule has 88 valence electrons. The van der Waals surface area contributed by atoms with Crippen LogP contribution in [0, 0.1) is 0 Å².